The highest BCUT2D eigenvalue weighted by Crippen LogP contribution is 2.52. The fourth-order valence-electron chi connectivity index (χ4n) is 3.67. The Bertz CT molecular complexity index is 393. The van der Waals surface area contributed by atoms with E-state index in [1.165, 1.54) is 24.0 Å². The molecule has 16 heavy (non-hydrogen) atoms. The third-order valence-corrected chi connectivity index (χ3v) is 4.64. The van der Waals surface area contributed by atoms with Crippen molar-refractivity contribution < 1.29 is 9.52 Å². The lowest BCUT2D eigenvalue weighted by atomic mass is 9.66. The van der Waals surface area contributed by atoms with E-state index < -0.39 is 0 Å². The van der Waals surface area contributed by atoms with Gasteiger partial charge in [0.25, 0.3) is 0 Å². The summed E-state index contributed by atoms with van der Waals surface area (Å²) in [4.78, 5) is 0. The molecule has 0 saturated heterocycles. The first-order valence-corrected chi connectivity index (χ1v) is 6.44. The van der Waals surface area contributed by atoms with Crippen LogP contribution < -0.4 is 0 Å². The summed E-state index contributed by atoms with van der Waals surface area (Å²) in [6, 6.07) is 0. The standard InChI is InChI=1S/C14H20O2/c1-8-3-4-11-9(2)5-10(6-15)14-13(11)12(8)7-16-14/h7-11,15H,3-6H2,1-2H3/t8-,9-,10-,11+/m0/s1. The highest BCUT2D eigenvalue weighted by atomic mass is 16.3. The molecule has 0 spiro atoms. The summed E-state index contributed by atoms with van der Waals surface area (Å²) in [6.45, 7) is 4.84. The lowest BCUT2D eigenvalue weighted by molar-refractivity contribution is 0.202. The Labute approximate surface area is 96.7 Å². The van der Waals surface area contributed by atoms with Crippen LogP contribution in [-0.2, 0) is 0 Å². The Morgan fingerprint density at radius 2 is 2.19 bits per heavy atom. The minimum atomic E-state index is 0.228. The maximum absolute atomic E-state index is 9.45. The minimum absolute atomic E-state index is 0.228. The number of hydrogen-bond donors (Lipinski definition) is 1. The molecule has 0 bridgehead atoms. The lowest BCUT2D eigenvalue weighted by Crippen LogP contribution is -2.26. The van der Waals surface area contributed by atoms with E-state index >= 15 is 0 Å². The Morgan fingerprint density at radius 3 is 2.94 bits per heavy atom. The third-order valence-electron chi connectivity index (χ3n) is 4.64. The topological polar surface area (TPSA) is 33.4 Å². The number of hydrogen-bond acceptors (Lipinski definition) is 2. The highest BCUT2D eigenvalue weighted by molar-refractivity contribution is 5.40. The summed E-state index contributed by atoms with van der Waals surface area (Å²) in [6.07, 6.45) is 5.60. The summed E-state index contributed by atoms with van der Waals surface area (Å²) < 4.78 is 5.75. The van der Waals surface area contributed by atoms with E-state index in [1.807, 2.05) is 6.26 Å². The van der Waals surface area contributed by atoms with Crippen molar-refractivity contribution in [2.24, 2.45) is 5.92 Å². The van der Waals surface area contributed by atoms with Crippen LogP contribution in [0.2, 0.25) is 0 Å². The van der Waals surface area contributed by atoms with Crippen LogP contribution in [0.3, 0.4) is 0 Å². The molecule has 0 unspecified atom stereocenters. The zero-order chi connectivity index (χ0) is 11.3. The molecule has 0 aromatic carbocycles. The molecule has 0 fully saturated rings. The lowest BCUT2D eigenvalue weighted by Gasteiger charge is -2.37. The van der Waals surface area contributed by atoms with Gasteiger partial charge in [-0.15, -0.1) is 0 Å². The van der Waals surface area contributed by atoms with Crippen LogP contribution in [-0.4, -0.2) is 11.7 Å². The third kappa shape index (κ3) is 1.29. The molecular weight excluding hydrogens is 200 g/mol. The van der Waals surface area contributed by atoms with E-state index in [1.54, 1.807) is 0 Å². The SMILES string of the molecule is C[C@H]1CC[C@H]2c3c1coc3[C@H](CO)C[C@@H]2C. The van der Waals surface area contributed by atoms with Gasteiger partial charge in [0, 0.05) is 11.5 Å². The molecule has 88 valence electrons. The van der Waals surface area contributed by atoms with E-state index in [0.717, 1.165) is 12.2 Å². The Balaban J connectivity index is 2.12. The quantitative estimate of drug-likeness (QED) is 0.787. The molecule has 1 heterocycles. The first-order valence-electron chi connectivity index (χ1n) is 6.44. The second-order valence-electron chi connectivity index (χ2n) is 5.65. The molecule has 1 aromatic heterocycles. The Hall–Kier alpha value is -0.760. The number of aliphatic hydroxyl groups is 1. The van der Waals surface area contributed by atoms with Gasteiger partial charge in [-0.25, -0.2) is 0 Å². The molecular formula is C14H20O2. The fraction of sp³-hybridized carbons (Fsp3) is 0.714. The number of aliphatic hydroxyl groups excluding tert-OH is 1. The second kappa shape index (κ2) is 3.63. The van der Waals surface area contributed by atoms with Crippen LogP contribution in [0.15, 0.2) is 10.7 Å². The number of rotatable bonds is 1. The molecule has 0 radical (unpaired) electrons. The predicted octanol–water partition coefficient (Wildman–Crippen LogP) is 3.38. The van der Waals surface area contributed by atoms with Gasteiger partial charge >= 0.3 is 0 Å². The molecule has 2 heteroatoms. The molecule has 0 saturated carbocycles. The van der Waals surface area contributed by atoms with Crippen LogP contribution in [0, 0.1) is 5.92 Å². The Morgan fingerprint density at radius 1 is 1.38 bits per heavy atom. The largest absolute Gasteiger partial charge is 0.468 e. The fourth-order valence-corrected chi connectivity index (χ4v) is 3.67. The van der Waals surface area contributed by atoms with Crippen LogP contribution >= 0.6 is 0 Å². The molecule has 1 aromatic rings. The van der Waals surface area contributed by atoms with Crippen molar-refractivity contribution in [1.82, 2.24) is 0 Å². The summed E-state index contributed by atoms with van der Waals surface area (Å²) in [5, 5.41) is 9.45. The van der Waals surface area contributed by atoms with Crippen LogP contribution in [0.25, 0.3) is 0 Å². The van der Waals surface area contributed by atoms with Gasteiger partial charge in [0.05, 0.1) is 12.9 Å². The molecule has 3 rings (SSSR count). The van der Waals surface area contributed by atoms with Gasteiger partial charge in [-0.2, -0.15) is 0 Å². The molecule has 0 amide bonds. The summed E-state index contributed by atoms with van der Waals surface area (Å²) in [5.41, 5.74) is 2.87. The van der Waals surface area contributed by atoms with Gasteiger partial charge < -0.3 is 9.52 Å². The van der Waals surface area contributed by atoms with Gasteiger partial charge in [0.1, 0.15) is 5.76 Å². The van der Waals surface area contributed by atoms with E-state index in [0.29, 0.717) is 17.8 Å². The van der Waals surface area contributed by atoms with Gasteiger partial charge in [-0.05, 0) is 42.6 Å². The van der Waals surface area contributed by atoms with Crippen molar-refractivity contribution in [1.29, 1.82) is 0 Å². The minimum Gasteiger partial charge on any atom is -0.468 e. The van der Waals surface area contributed by atoms with Crippen molar-refractivity contribution in [2.45, 2.75) is 50.9 Å². The van der Waals surface area contributed by atoms with Crippen molar-refractivity contribution >= 4 is 0 Å². The predicted molar refractivity (Wildman–Crippen MR) is 62.7 cm³/mol. The van der Waals surface area contributed by atoms with Gasteiger partial charge in [-0.1, -0.05) is 13.8 Å². The Kier molecular flexibility index (Phi) is 2.36. The van der Waals surface area contributed by atoms with Crippen LogP contribution in [0.1, 0.15) is 67.8 Å². The van der Waals surface area contributed by atoms with Crippen molar-refractivity contribution in [3.8, 4) is 0 Å². The summed E-state index contributed by atoms with van der Waals surface area (Å²) in [7, 11) is 0. The van der Waals surface area contributed by atoms with Crippen molar-refractivity contribution in [3.05, 3.63) is 23.2 Å². The maximum atomic E-state index is 9.45. The maximum Gasteiger partial charge on any atom is 0.112 e. The first kappa shape index (κ1) is 10.4. The number of furan rings is 1. The average Bonchev–Trinajstić information content (AvgIpc) is 2.71. The molecule has 1 N–H and O–H groups in total. The molecule has 4 atom stereocenters. The smallest absolute Gasteiger partial charge is 0.112 e. The zero-order valence-corrected chi connectivity index (χ0v) is 10.1. The molecule has 2 nitrogen and oxygen atoms in total. The van der Waals surface area contributed by atoms with Gasteiger partial charge in [0.15, 0.2) is 0 Å². The van der Waals surface area contributed by atoms with E-state index in [9.17, 15) is 5.11 Å². The zero-order valence-electron chi connectivity index (χ0n) is 10.1. The molecule has 2 aliphatic rings. The monoisotopic (exact) mass is 220 g/mol. The summed E-state index contributed by atoms with van der Waals surface area (Å²) >= 11 is 0. The second-order valence-corrected chi connectivity index (χ2v) is 5.65. The van der Waals surface area contributed by atoms with Crippen LogP contribution in [0.5, 0.6) is 0 Å². The van der Waals surface area contributed by atoms with Gasteiger partial charge in [-0.3, -0.25) is 0 Å². The highest BCUT2D eigenvalue weighted by Gasteiger charge is 2.40. The van der Waals surface area contributed by atoms with E-state index in [-0.39, 0.29) is 12.5 Å². The summed E-state index contributed by atoms with van der Waals surface area (Å²) in [5.74, 6) is 3.33. The van der Waals surface area contributed by atoms with Crippen molar-refractivity contribution in [2.75, 3.05) is 6.61 Å². The average molecular weight is 220 g/mol. The van der Waals surface area contributed by atoms with Crippen molar-refractivity contribution in [3.63, 3.8) is 0 Å². The van der Waals surface area contributed by atoms with E-state index in [2.05, 4.69) is 13.8 Å². The van der Waals surface area contributed by atoms with Crippen LogP contribution in [0.4, 0.5) is 0 Å². The normalized spacial score (nSPS) is 37.2. The first-order chi connectivity index (χ1) is 7.72. The van der Waals surface area contributed by atoms with E-state index in [4.69, 9.17) is 4.42 Å². The molecule has 0 aliphatic heterocycles. The molecule has 2 aliphatic carbocycles. The van der Waals surface area contributed by atoms with Gasteiger partial charge in [0.2, 0.25) is 0 Å².